The molecule has 0 aromatic rings. The molecule has 3 heteroatoms. The number of hydrogen-bond acceptors (Lipinski definition) is 2. The molecule has 1 N–H and O–H groups in total. The Morgan fingerprint density at radius 2 is 2.23 bits per heavy atom. The van der Waals surface area contributed by atoms with E-state index in [0.717, 1.165) is 0 Å². The molecule has 1 atom stereocenters. The summed E-state index contributed by atoms with van der Waals surface area (Å²) < 4.78 is 4.77. The number of hydrogen-bond donors (Lipinski definition) is 1. The first-order chi connectivity index (χ1) is 5.94. The van der Waals surface area contributed by atoms with Crippen molar-refractivity contribution >= 4 is 6.09 Å². The number of rotatable bonds is 4. The third kappa shape index (κ3) is 3.97. The molecule has 0 aliphatic heterocycles. The normalized spacial score (nSPS) is 13.2. The summed E-state index contributed by atoms with van der Waals surface area (Å²) in [6, 6.07) is 0.0176. The van der Waals surface area contributed by atoms with E-state index in [0.29, 0.717) is 6.61 Å². The zero-order valence-corrected chi connectivity index (χ0v) is 8.89. The zero-order valence-electron chi connectivity index (χ0n) is 8.89. The van der Waals surface area contributed by atoms with Crippen LogP contribution in [0.1, 0.15) is 27.7 Å². The molecule has 0 aromatic heterocycles. The Morgan fingerprint density at radius 3 is 2.62 bits per heavy atom. The number of amides is 1. The predicted molar refractivity (Wildman–Crippen MR) is 53.6 cm³/mol. The maximum Gasteiger partial charge on any atom is 0.407 e. The molecule has 0 saturated carbocycles. The van der Waals surface area contributed by atoms with Crippen molar-refractivity contribution in [2.45, 2.75) is 33.7 Å². The summed E-state index contributed by atoms with van der Waals surface area (Å²) in [5.41, 5.74) is -0.118. The SMILES string of the molecule is C=CC(C)(C)[C@H](C)NC(=O)OCC. The molecule has 1 amide bonds. The predicted octanol–water partition coefficient (Wildman–Crippen LogP) is 2.33. The lowest BCUT2D eigenvalue weighted by Gasteiger charge is -2.28. The van der Waals surface area contributed by atoms with E-state index in [4.69, 9.17) is 4.74 Å². The number of carbonyl (C=O) groups is 1. The van der Waals surface area contributed by atoms with Crippen LogP contribution in [-0.4, -0.2) is 18.7 Å². The van der Waals surface area contributed by atoms with Crippen LogP contribution in [0.25, 0.3) is 0 Å². The molecule has 0 heterocycles. The number of ether oxygens (including phenoxy) is 1. The minimum atomic E-state index is -0.370. The van der Waals surface area contributed by atoms with Crippen molar-refractivity contribution in [3.05, 3.63) is 12.7 Å². The van der Waals surface area contributed by atoms with Gasteiger partial charge in [0.05, 0.1) is 6.61 Å². The standard InChI is InChI=1S/C10H19NO2/c1-6-10(4,5)8(3)11-9(12)13-7-2/h6,8H,1,7H2,2-5H3,(H,11,12)/t8-/m0/s1. The highest BCUT2D eigenvalue weighted by molar-refractivity contribution is 5.67. The van der Waals surface area contributed by atoms with Crippen molar-refractivity contribution in [3.8, 4) is 0 Å². The van der Waals surface area contributed by atoms with Crippen LogP contribution in [0.3, 0.4) is 0 Å². The Hall–Kier alpha value is -0.990. The lowest BCUT2D eigenvalue weighted by Crippen LogP contribution is -2.42. The average molecular weight is 185 g/mol. The molecule has 0 spiro atoms. The van der Waals surface area contributed by atoms with E-state index in [1.807, 2.05) is 26.8 Å². The summed E-state index contributed by atoms with van der Waals surface area (Å²) in [4.78, 5) is 11.0. The van der Waals surface area contributed by atoms with E-state index in [-0.39, 0.29) is 17.6 Å². The quantitative estimate of drug-likeness (QED) is 0.683. The molecular formula is C10H19NO2. The van der Waals surface area contributed by atoms with Gasteiger partial charge in [-0.1, -0.05) is 19.9 Å². The van der Waals surface area contributed by atoms with Crippen molar-refractivity contribution < 1.29 is 9.53 Å². The molecule has 76 valence electrons. The van der Waals surface area contributed by atoms with Crippen LogP contribution in [0.2, 0.25) is 0 Å². The van der Waals surface area contributed by atoms with E-state index in [1.54, 1.807) is 6.92 Å². The maximum atomic E-state index is 11.0. The van der Waals surface area contributed by atoms with Crippen molar-refractivity contribution in [1.29, 1.82) is 0 Å². The summed E-state index contributed by atoms with van der Waals surface area (Å²) >= 11 is 0. The van der Waals surface area contributed by atoms with Gasteiger partial charge < -0.3 is 10.1 Å². The summed E-state index contributed by atoms with van der Waals surface area (Å²) in [6.45, 7) is 11.8. The smallest absolute Gasteiger partial charge is 0.407 e. The van der Waals surface area contributed by atoms with Crippen molar-refractivity contribution in [3.63, 3.8) is 0 Å². The first-order valence-corrected chi connectivity index (χ1v) is 4.51. The molecule has 0 radical (unpaired) electrons. The van der Waals surface area contributed by atoms with Crippen molar-refractivity contribution in [2.75, 3.05) is 6.61 Å². The fourth-order valence-electron chi connectivity index (χ4n) is 0.712. The third-order valence-electron chi connectivity index (χ3n) is 2.25. The Kier molecular flexibility index (Phi) is 4.52. The monoisotopic (exact) mass is 185 g/mol. The molecule has 0 aromatic carbocycles. The van der Waals surface area contributed by atoms with Gasteiger partial charge in [-0.2, -0.15) is 0 Å². The van der Waals surface area contributed by atoms with Gasteiger partial charge in [-0.05, 0) is 13.8 Å². The van der Waals surface area contributed by atoms with Gasteiger partial charge in [0, 0.05) is 11.5 Å². The summed E-state index contributed by atoms with van der Waals surface area (Å²) in [7, 11) is 0. The van der Waals surface area contributed by atoms with Crippen LogP contribution in [-0.2, 0) is 4.74 Å². The first kappa shape index (κ1) is 12.0. The largest absolute Gasteiger partial charge is 0.450 e. The number of carbonyl (C=O) groups excluding carboxylic acids is 1. The van der Waals surface area contributed by atoms with E-state index in [1.165, 1.54) is 0 Å². The van der Waals surface area contributed by atoms with Crippen molar-refractivity contribution in [2.24, 2.45) is 5.41 Å². The molecule has 0 bridgehead atoms. The molecule has 0 aliphatic rings. The number of nitrogens with one attached hydrogen (secondary N) is 1. The Balaban J connectivity index is 4.06. The molecule has 13 heavy (non-hydrogen) atoms. The summed E-state index contributed by atoms with van der Waals surface area (Å²) in [5, 5.41) is 2.74. The average Bonchev–Trinajstić information content (AvgIpc) is 2.04. The van der Waals surface area contributed by atoms with Crippen LogP contribution in [0.15, 0.2) is 12.7 Å². The summed E-state index contributed by atoms with van der Waals surface area (Å²) in [6.07, 6.45) is 1.45. The maximum absolute atomic E-state index is 11.0. The van der Waals surface area contributed by atoms with Crippen LogP contribution >= 0.6 is 0 Å². The number of alkyl carbamates (subject to hydrolysis) is 1. The fraction of sp³-hybridized carbons (Fsp3) is 0.700. The van der Waals surface area contributed by atoms with Crippen molar-refractivity contribution in [1.82, 2.24) is 5.32 Å². The minimum Gasteiger partial charge on any atom is -0.450 e. The lowest BCUT2D eigenvalue weighted by atomic mass is 9.86. The minimum absolute atomic E-state index is 0.0176. The van der Waals surface area contributed by atoms with Gasteiger partial charge in [0.25, 0.3) is 0 Å². The molecule has 0 fully saturated rings. The van der Waals surface area contributed by atoms with E-state index >= 15 is 0 Å². The van der Waals surface area contributed by atoms with Gasteiger partial charge in [0.15, 0.2) is 0 Å². The molecule has 0 rings (SSSR count). The Labute approximate surface area is 80.2 Å². The van der Waals surface area contributed by atoms with Gasteiger partial charge in [-0.15, -0.1) is 6.58 Å². The lowest BCUT2D eigenvalue weighted by molar-refractivity contribution is 0.142. The highest BCUT2D eigenvalue weighted by atomic mass is 16.5. The fourth-order valence-corrected chi connectivity index (χ4v) is 0.712. The van der Waals surface area contributed by atoms with Crippen LogP contribution in [0.5, 0.6) is 0 Å². The molecular weight excluding hydrogens is 166 g/mol. The van der Waals surface area contributed by atoms with Gasteiger partial charge in [-0.25, -0.2) is 4.79 Å². The van der Waals surface area contributed by atoms with Crippen LogP contribution < -0.4 is 5.32 Å². The first-order valence-electron chi connectivity index (χ1n) is 4.51. The van der Waals surface area contributed by atoms with E-state index in [9.17, 15) is 4.79 Å². The third-order valence-corrected chi connectivity index (χ3v) is 2.25. The second-order valence-corrected chi connectivity index (χ2v) is 3.61. The van der Waals surface area contributed by atoms with Gasteiger partial charge in [0.1, 0.15) is 0 Å². The molecule has 0 unspecified atom stereocenters. The topological polar surface area (TPSA) is 38.3 Å². The van der Waals surface area contributed by atoms with Gasteiger partial charge in [-0.3, -0.25) is 0 Å². The second-order valence-electron chi connectivity index (χ2n) is 3.61. The molecule has 0 aliphatic carbocycles. The van der Waals surface area contributed by atoms with E-state index < -0.39 is 0 Å². The Bertz CT molecular complexity index is 187. The molecule has 0 saturated heterocycles. The second kappa shape index (κ2) is 4.90. The zero-order chi connectivity index (χ0) is 10.5. The molecule has 3 nitrogen and oxygen atoms in total. The van der Waals surface area contributed by atoms with Crippen LogP contribution in [0.4, 0.5) is 4.79 Å². The highest BCUT2D eigenvalue weighted by Gasteiger charge is 2.23. The van der Waals surface area contributed by atoms with Gasteiger partial charge >= 0.3 is 6.09 Å². The summed E-state index contributed by atoms with van der Waals surface area (Å²) in [5.74, 6) is 0. The van der Waals surface area contributed by atoms with E-state index in [2.05, 4.69) is 11.9 Å². The van der Waals surface area contributed by atoms with Gasteiger partial charge in [0.2, 0.25) is 0 Å². The Morgan fingerprint density at radius 1 is 1.69 bits per heavy atom. The van der Waals surface area contributed by atoms with Crippen LogP contribution in [0, 0.1) is 5.41 Å². The highest BCUT2D eigenvalue weighted by Crippen LogP contribution is 2.21.